The van der Waals surface area contributed by atoms with E-state index in [0.29, 0.717) is 16.0 Å². The van der Waals surface area contributed by atoms with Gasteiger partial charge in [0, 0.05) is 4.88 Å². The van der Waals surface area contributed by atoms with Crippen molar-refractivity contribution in [2.24, 2.45) is 0 Å². The van der Waals surface area contributed by atoms with Crippen molar-refractivity contribution in [2.75, 3.05) is 20.8 Å². The normalized spacial score (nSPS) is 11.0. The first kappa shape index (κ1) is 24.3. The van der Waals surface area contributed by atoms with Crippen LogP contribution in [-0.2, 0) is 22.6 Å². The maximum absolute atomic E-state index is 13.5. The smallest absolute Gasteiger partial charge is 0.332 e. The summed E-state index contributed by atoms with van der Waals surface area (Å²) in [5.41, 5.74) is 1.40. The molecular weight excluding hydrogens is 468 g/mol. The van der Waals surface area contributed by atoms with Gasteiger partial charge in [-0.3, -0.25) is 14.2 Å². The number of nitrogens with zero attached hydrogens (tertiary/aromatic N) is 2. The van der Waals surface area contributed by atoms with E-state index in [4.69, 9.17) is 14.2 Å². The molecule has 0 aliphatic heterocycles. The minimum atomic E-state index is -0.637. The van der Waals surface area contributed by atoms with E-state index in [1.165, 1.54) is 15.9 Å². The second-order valence-electron chi connectivity index (χ2n) is 7.88. The minimum absolute atomic E-state index is 0.160. The van der Waals surface area contributed by atoms with Gasteiger partial charge in [-0.15, -0.1) is 11.3 Å². The first-order valence-corrected chi connectivity index (χ1v) is 11.9. The first-order valence-electron chi connectivity index (χ1n) is 11.1. The van der Waals surface area contributed by atoms with Gasteiger partial charge in [-0.25, -0.2) is 9.36 Å². The summed E-state index contributed by atoms with van der Waals surface area (Å²) in [6.45, 7) is 3.45. The van der Waals surface area contributed by atoms with E-state index in [1.54, 1.807) is 21.1 Å². The number of methoxy groups -OCH3 is 2. The lowest BCUT2D eigenvalue weighted by Crippen LogP contribution is -2.42. The van der Waals surface area contributed by atoms with Crippen molar-refractivity contribution in [1.29, 1.82) is 0 Å². The van der Waals surface area contributed by atoms with Crippen LogP contribution in [0.5, 0.6) is 11.5 Å². The Morgan fingerprint density at radius 1 is 0.971 bits per heavy atom. The van der Waals surface area contributed by atoms with Crippen LogP contribution in [0.25, 0.3) is 20.7 Å². The summed E-state index contributed by atoms with van der Waals surface area (Å²) in [6, 6.07) is 14.9. The highest BCUT2D eigenvalue weighted by Gasteiger charge is 2.22. The van der Waals surface area contributed by atoms with Crippen LogP contribution in [0.4, 0.5) is 0 Å². The molecule has 0 amide bonds. The monoisotopic (exact) mass is 494 g/mol. The number of hydrogen-bond donors (Lipinski definition) is 0. The first-order chi connectivity index (χ1) is 16.9. The van der Waals surface area contributed by atoms with Crippen molar-refractivity contribution in [3.63, 3.8) is 0 Å². The number of carbonyl (C=O) groups excluding carboxylic acids is 1. The number of aromatic nitrogens is 2. The van der Waals surface area contributed by atoms with E-state index >= 15 is 0 Å². The number of rotatable bonds is 8. The number of hydrogen-bond acceptors (Lipinski definition) is 7. The van der Waals surface area contributed by atoms with Crippen LogP contribution in [-0.4, -0.2) is 35.9 Å². The maximum atomic E-state index is 13.5. The van der Waals surface area contributed by atoms with Gasteiger partial charge < -0.3 is 14.2 Å². The van der Waals surface area contributed by atoms with E-state index in [0.717, 1.165) is 31.9 Å². The molecule has 0 saturated carbocycles. The fraction of sp³-hybridized carbons (Fsp3) is 0.269. The number of ether oxygens (including phenoxy) is 3. The lowest BCUT2D eigenvalue weighted by Gasteiger charge is -2.12. The van der Waals surface area contributed by atoms with Crippen LogP contribution in [0.1, 0.15) is 18.1 Å². The maximum Gasteiger partial charge on any atom is 0.332 e. The summed E-state index contributed by atoms with van der Waals surface area (Å²) < 4.78 is 18.1. The van der Waals surface area contributed by atoms with Gasteiger partial charge in [-0.05, 0) is 66.9 Å². The van der Waals surface area contributed by atoms with Gasteiger partial charge >= 0.3 is 11.7 Å². The third-order valence-corrected chi connectivity index (χ3v) is 7.08. The van der Waals surface area contributed by atoms with E-state index in [-0.39, 0.29) is 13.2 Å². The van der Waals surface area contributed by atoms with Gasteiger partial charge in [0.05, 0.1) is 32.8 Å². The molecule has 4 aromatic rings. The van der Waals surface area contributed by atoms with Crippen molar-refractivity contribution in [3.05, 3.63) is 80.5 Å². The second kappa shape index (κ2) is 10.2. The van der Waals surface area contributed by atoms with E-state index in [1.807, 2.05) is 55.5 Å². The van der Waals surface area contributed by atoms with Crippen molar-refractivity contribution in [3.8, 4) is 21.9 Å². The molecule has 0 atom stereocenters. The Morgan fingerprint density at radius 3 is 2.34 bits per heavy atom. The Labute approximate surface area is 205 Å². The largest absolute Gasteiger partial charge is 0.497 e. The van der Waals surface area contributed by atoms with Crippen molar-refractivity contribution in [2.45, 2.75) is 26.9 Å². The molecule has 2 aromatic carbocycles. The Balaban J connectivity index is 1.95. The minimum Gasteiger partial charge on any atom is -0.497 e. The molecule has 0 aliphatic carbocycles. The quantitative estimate of drug-likeness (QED) is 0.346. The van der Waals surface area contributed by atoms with Gasteiger partial charge in [-0.1, -0.05) is 12.1 Å². The molecule has 0 spiro atoms. The lowest BCUT2D eigenvalue weighted by molar-refractivity contribution is -0.143. The number of esters is 1. The summed E-state index contributed by atoms with van der Waals surface area (Å²) in [7, 11) is 3.18. The van der Waals surface area contributed by atoms with Gasteiger partial charge in [0.1, 0.15) is 22.9 Å². The van der Waals surface area contributed by atoms with Gasteiger partial charge in [-0.2, -0.15) is 0 Å². The average Bonchev–Trinajstić information content (AvgIpc) is 3.21. The third kappa shape index (κ3) is 4.72. The highest BCUT2D eigenvalue weighted by atomic mass is 32.1. The molecule has 2 heterocycles. The van der Waals surface area contributed by atoms with Crippen LogP contribution in [0.3, 0.4) is 0 Å². The molecule has 0 radical (unpaired) electrons. The fourth-order valence-corrected chi connectivity index (χ4v) is 5.28. The summed E-state index contributed by atoms with van der Waals surface area (Å²) in [5, 5.41) is 0.410. The van der Waals surface area contributed by atoms with Crippen LogP contribution in [0.2, 0.25) is 0 Å². The highest BCUT2D eigenvalue weighted by molar-refractivity contribution is 7.22. The molecule has 0 unspecified atom stereocenters. The van der Waals surface area contributed by atoms with Crippen LogP contribution < -0.4 is 20.7 Å². The number of aryl methyl sites for hydroxylation is 1. The van der Waals surface area contributed by atoms with Gasteiger partial charge in [0.15, 0.2) is 0 Å². The molecule has 0 aliphatic rings. The average molecular weight is 495 g/mol. The standard InChI is InChI=1S/C26H26N2O6S/c1-5-34-21(29)15-27-24(30)22-16(2)23(18-9-11-19(32-3)12-10-18)35-25(22)28(26(27)31)14-17-7-6-8-20(13-17)33-4/h6-13H,5,14-15H2,1-4H3. The highest BCUT2D eigenvalue weighted by Crippen LogP contribution is 2.37. The Morgan fingerprint density at radius 2 is 1.69 bits per heavy atom. The summed E-state index contributed by atoms with van der Waals surface area (Å²) >= 11 is 1.37. The van der Waals surface area contributed by atoms with Crippen LogP contribution >= 0.6 is 11.3 Å². The zero-order valence-electron chi connectivity index (χ0n) is 20.0. The van der Waals surface area contributed by atoms with Crippen LogP contribution in [0.15, 0.2) is 58.1 Å². The number of benzene rings is 2. The van der Waals surface area contributed by atoms with E-state index < -0.39 is 23.8 Å². The van der Waals surface area contributed by atoms with E-state index in [2.05, 4.69) is 0 Å². The summed E-state index contributed by atoms with van der Waals surface area (Å²) in [6.07, 6.45) is 0. The lowest BCUT2D eigenvalue weighted by atomic mass is 10.1. The molecule has 0 saturated heterocycles. The van der Waals surface area contributed by atoms with Crippen molar-refractivity contribution in [1.82, 2.24) is 9.13 Å². The van der Waals surface area contributed by atoms with Crippen molar-refractivity contribution < 1.29 is 19.0 Å². The fourth-order valence-electron chi connectivity index (χ4n) is 3.98. The molecule has 8 nitrogen and oxygen atoms in total. The predicted molar refractivity (Wildman–Crippen MR) is 136 cm³/mol. The molecule has 0 fully saturated rings. The molecule has 35 heavy (non-hydrogen) atoms. The Kier molecular flexibility index (Phi) is 7.07. The summed E-state index contributed by atoms with van der Waals surface area (Å²) in [4.78, 5) is 40.6. The van der Waals surface area contributed by atoms with Gasteiger partial charge in [0.2, 0.25) is 0 Å². The second-order valence-corrected chi connectivity index (χ2v) is 8.88. The number of carbonyl (C=O) groups is 1. The molecule has 9 heteroatoms. The summed E-state index contributed by atoms with van der Waals surface area (Å²) in [5.74, 6) is 0.745. The Hall–Kier alpha value is -3.85. The SMILES string of the molecule is CCOC(=O)Cn1c(=O)c2c(C)c(-c3ccc(OC)cc3)sc2n(Cc2cccc(OC)c2)c1=O. The topological polar surface area (TPSA) is 88.8 Å². The number of thiophene rings is 1. The van der Waals surface area contributed by atoms with E-state index in [9.17, 15) is 14.4 Å². The zero-order chi connectivity index (χ0) is 25.1. The van der Waals surface area contributed by atoms with Crippen LogP contribution in [0, 0.1) is 6.92 Å². The molecule has 0 bridgehead atoms. The molecule has 4 rings (SSSR count). The molecule has 182 valence electrons. The van der Waals surface area contributed by atoms with Crippen molar-refractivity contribution >= 4 is 27.5 Å². The Bertz CT molecular complexity index is 1500. The molecule has 2 aromatic heterocycles. The number of fused-ring (bicyclic) bond motifs is 1. The zero-order valence-corrected chi connectivity index (χ0v) is 20.8. The van der Waals surface area contributed by atoms with Gasteiger partial charge in [0.25, 0.3) is 5.56 Å². The predicted octanol–water partition coefficient (Wildman–Crippen LogP) is 3.83. The third-order valence-electron chi connectivity index (χ3n) is 5.71. The molecule has 0 N–H and O–H groups in total. The molecular formula is C26H26N2O6S.